The molecule has 2 N–H and O–H groups in total. The van der Waals surface area contributed by atoms with Crippen LogP contribution in [0, 0.1) is 0 Å². The number of benzene rings is 1. The van der Waals surface area contributed by atoms with Crippen molar-refractivity contribution in [3.63, 3.8) is 0 Å². The second kappa shape index (κ2) is 7.04. The molecular weight excluding hydrogens is 338 g/mol. The summed E-state index contributed by atoms with van der Waals surface area (Å²) in [6, 6.07) is 9.15. The van der Waals surface area contributed by atoms with Crippen molar-refractivity contribution in [2.75, 3.05) is 19.0 Å². The van der Waals surface area contributed by atoms with Crippen LogP contribution in [0.2, 0.25) is 0 Å². The third-order valence-electron chi connectivity index (χ3n) is 4.15. The third kappa shape index (κ3) is 3.08. The molecular formula is C17H21N5O4. The Labute approximate surface area is 149 Å². The van der Waals surface area contributed by atoms with Crippen LogP contribution in [0.3, 0.4) is 0 Å². The molecule has 0 aliphatic heterocycles. The molecule has 1 aromatic carbocycles. The van der Waals surface area contributed by atoms with Gasteiger partial charge in [0, 0.05) is 21.1 Å². The normalized spacial score (nSPS) is 12.3. The predicted molar refractivity (Wildman–Crippen MR) is 97.7 cm³/mol. The van der Waals surface area contributed by atoms with Gasteiger partial charge in [0.05, 0.1) is 6.54 Å². The highest BCUT2D eigenvalue weighted by molar-refractivity contribution is 5.74. The van der Waals surface area contributed by atoms with E-state index < -0.39 is 17.4 Å². The first-order chi connectivity index (χ1) is 12.4. The number of aliphatic hydroxyl groups excluding tert-OH is 1. The minimum absolute atomic E-state index is 0.0545. The molecule has 138 valence electrons. The number of fused-ring (bicyclic) bond motifs is 1. The lowest BCUT2D eigenvalue weighted by atomic mass is 10.3. The minimum Gasteiger partial charge on any atom is -0.491 e. The molecule has 9 heteroatoms. The van der Waals surface area contributed by atoms with Gasteiger partial charge in [0.1, 0.15) is 18.5 Å². The molecule has 3 aromatic rings. The Bertz CT molecular complexity index is 1040. The predicted octanol–water partition coefficient (Wildman–Crippen LogP) is -0.0847. The Morgan fingerprint density at radius 1 is 1.19 bits per heavy atom. The quantitative estimate of drug-likeness (QED) is 0.638. The molecule has 0 spiro atoms. The Balaban J connectivity index is 1.94. The Morgan fingerprint density at radius 3 is 2.54 bits per heavy atom. The first-order valence-corrected chi connectivity index (χ1v) is 8.14. The van der Waals surface area contributed by atoms with Gasteiger partial charge in [-0.1, -0.05) is 18.2 Å². The number of anilines is 1. The summed E-state index contributed by atoms with van der Waals surface area (Å²) in [5.41, 5.74) is -0.410. The van der Waals surface area contributed by atoms with Gasteiger partial charge in [-0.2, -0.15) is 4.98 Å². The van der Waals surface area contributed by atoms with Crippen LogP contribution in [0.1, 0.15) is 0 Å². The summed E-state index contributed by atoms with van der Waals surface area (Å²) >= 11 is 0. The standard InChI is InChI=1S/C17H21N5O4/c1-18-16-19-14-13(15(24)21(3)17(25)20(14)2)22(16)9-11(23)10-26-12-7-5-4-6-8-12/h4-8,11,23H,9-10H2,1-3H3,(H,18,19). The first-order valence-electron chi connectivity index (χ1n) is 8.14. The highest BCUT2D eigenvalue weighted by Gasteiger charge is 2.20. The van der Waals surface area contributed by atoms with Crippen LogP contribution >= 0.6 is 0 Å². The van der Waals surface area contributed by atoms with E-state index in [4.69, 9.17) is 4.74 Å². The number of hydrogen-bond acceptors (Lipinski definition) is 6. The Morgan fingerprint density at radius 2 is 1.88 bits per heavy atom. The van der Waals surface area contributed by atoms with E-state index in [2.05, 4.69) is 10.3 Å². The van der Waals surface area contributed by atoms with Crippen LogP contribution in [0.4, 0.5) is 5.95 Å². The highest BCUT2D eigenvalue weighted by atomic mass is 16.5. The van der Waals surface area contributed by atoms with Crippen molar-refractivity contribution in [3.05, 3.63) is 51.2 Å². The number of imidazole rings is 1. The zero-order chi connectivity index (χ0) is 18.8. The van der Waals surface area contributed by atoms with Gasteiger partial charge in [0.2, 0.25) is 5.95 Å². The number of rotatable bonds is 6. The first kappa shape index (κ1) is 17.7. The monoisotopic (exact) mass is 359 g/mol. The number of aromatic nitrogens is 4. The second-order valence-electron chi connectivity index (χ2n) is 5.95. The summed E-state index contributed by atoms with van der Waals surface area (Å²) in [5, 5.41) is 13.3. The minimum atomic E-state index is -0.873. The largest absolute Gasteiger partial charge is 0.491 e. The summed E-state index contributed by atoms with van der Waals surface area (Å²) in [4.78, 5) is 29.0. The fraction of sp³-hybridized carbons (Fsp3) is 0.353. The lowest BCUT2D eigenvalue weighted by molar-refractivity contribution is 0.0938. The summed E-state index contributed by atoms with van der Waals surface area (Å²) in [6.07, 6.45) is -0.873. The molecule has 3 rings (SSSR count). The molecule has 0 radical (unpaired) electrons. The number of para-hydroxylation sites is 1. The number of aliphatic hydroxyl groups is 1. The van der Waals surface area contributed by atoms with Crippen molar-refractivity contribution in [2.45, 2.75) is 12.6 Å². The van der Waals surface area contributed by atoms with Crippen LogP contribution in [0.5, 0.6) is 5.75 Å². The van der Waals surface area contributed by atoms with Crippen molar-refractivity contribution in [3.8, 4) is 5.75 Å². The van der Waals surface area contributed by atoms with Crippen molar-refractivity contribution in [2.24, 2.45) is 14.1 Å². The van der Waals surface area contributed by atoms with E-state index in [1.807, 2.05) is 18.2 Å². The van der Waals surface area contributed by atoms with Crippen molar-refractivity contribution < 1.29 is 9.84 Å². The maximum absolute atomic E-state index is 12.6. The van der Waals surface area contributed by atoms with E-state index in [0.29, 0.717) is 11.7 Å². The van der Waals surface area contributed by atoms with E-state index in [1.54, 1.807) is 30.8 Å². The number of ether oxygens (including phenoxy) is 1. The third-order valence-corrected chi connectivity index (χ3v) is 4.15. The molecule has 0 fully saturated rings. The highest BCUT2D eigenvalue weighted by Crippen LogP contribution is 2.16. The molecule has 2 heterocycles. The topological polar surface area (TPSA) is 103 Å². The van der Waals surface area contributed by atoms with Gasteiger partial charge in [-0.3, -0.25) is 13.9 Å². The molecule has 0 aliphatic carbocycles. The van der Waals surface area contributed by atoms with Crippen molar-refractivity contribution in [1.82, 2.24) is 18.7 Å². The van der Waals surface area contributed by atoms with Gasteiger partial charge in [0.25, 0.3) is 5.56 Å². The fourth-order valence-electron chi connectivity index (χ4n) is 2.79. The molecule has 0 aliphatic rings. The van der Waals surface area contributed by atoms with Crippen LogP contribution < -0.4 is 21.3 Å². The van der Waals surface area contributed by atoms with Crippen LogP contribution in [0.15, 0.2) is 39.9 Å². The zero-order valence-corrected chi connectivity index (χ0v) is 14.8. The van der Waals surface area contributed by atoms with E-state index in [0.717, 1.165) is 4.57 Å². The molecule has 1 atom stereocenters. The van der Waals surface area contributed by atoms with Crippen molar-refractivity contribution >= 4 is 17.1 Å². The molecule has 26 heavy (non-hydrogen) atoms. The van der Waals surface area contributed by atoms with Crippen molar-refractivity contribution in [1.29, 1.82) is 0 Å². The number of aryl methyl sites for hydroxylation is 1. The van der Waals surface area contributed by atoms with Crippen LogP contribution in [-0.2, 0) is 20.6 Å². The molecule has 2 aromatic heterocycles. The smallest absolute Gasteiger partial charge is 0.332 e. The molecule has 0 amide bonds. The number of nitrogens with zero attached hydrogens (tertiary/aromatic N) is 4. The summed E-state index contributed by atoms with van der Waals surface area (Å²) in [6.45, 7) is 0.145. The number of hydrogen-bond donors (Lipinski definition) is 2. The lowest BCUT2D eigenvalue weighted by Gasteiger charge is -2.15. The lowest BCUT2D eigenvalue weighted by Crippen LogP contribution is -2.38. The van der Waals surface area contributed by atoms with Gasteiger partial charge in [-0.15, -0.1) is 0 Å². The zero-order valence-electron chi connectivity index (χ0n) is 14.8. The van der Waals surface area contributed by atoms with Crippen LogP contribution in [-0.4, -0.2) is 43.6 Å². The second-order valence-corrected chi connectivity index (χ2v) is 5.95. The van der Waals surface area contributed by atoms with Gasteiger partial charge in [0.15, 0.2) is 11.2 Å². The van der Waals surface area contributed by atoms with Gasteiger partial charge in [-0.05, 0) is 12.1 Å². The van der Waals surface area contributed by atoms with Gasteiger partial charge < -0.3 is 19.7 Å². The van der Waals surface area contributed by atoms with Gasteiger partial charge in [-0.25, -0.2) is 4.79 Å². The van der Waals surface area contributed by atoms with E-state index in [9.17, 15) is 14.7 Å². The Hall–Kier alpha value is -3.07. The van der Waals surface area contributed by atoms with E-state index >= 15 is 0 Å². The molecule has 1 unspecified atom stereocenters. The van der Waals surface area contributed by atoms with E-state index in [-0.39, 0.29) is 24.3 Å². The average molecular weight is 359 g/mol. The summed E-state index contributed by atoms with van der Waals surface area (Å²) < 4.78 is 9.45. The molecule has 0 bridgehead atoms. The van der Waals surface area contributed by atoms with Gasteiger partial charge >= 0.3 is 5.69 Å². The molecule has 0 saturated heterocycles. The average Bonchev–Trinajstić information content (AvgIpc) is 3.02. The Kier molecular flexibility index (Phi) is 4.81. The maximum atomic E-state index is 12.6. The van der Waals surface area contributed by atoms with E-state index in [1.165, 1.54) is 11.6 Å². The summed E-state index contributed by atoms with van der Waals surface area (Å²) in [7, 11) is 4.62. The maximum Gasteiger partial charge on any atom is 0.332 e. The molecule has 0 saturated carbocycles. The summed E-state index contributed by atoms with van der Waals surface area (Å²) in [5.74, 6) is 1.03. The number of nitrogens with one attached hydrogen (secondary N) is 1. The molecule has 9 nitrogen and oxygen atoms in total. The fourth-order valence-corrected chi connectivity index (χ4v) is 2.79. The SMILES string of the molecule is CNc1nc2c(c(=O)n(C)c(=O)n2C)n1CC(O)COc1ccccc1. The van der Waals surface area contributed by atoms with Crippen LogP contribution in [0.25, 0.3) is 11.2 Å².